The van der Waals surface area contributed by atoms with Crippen molar-refractivity contribution in [3.05, 3.63) is 58.3 Å². The van der Waals surface area contributed by atoms with E-state index in [1.165, 1.54) is 22.4 Å². The van der Waals surface area contributed by atoms with Gasteiger partial charge in [-0.15, -0.1) is 11.8 Å². The van der Waals surface area contributed by atoms with Crippen LogP contribution in [0.5, 0.6) is 0 Å². The number of pyridine rings is 1. The van der Waals surface area contributed by atoms with Gasteiger partial charge in [0.05, 0.1) is 0 Å². The van der Waals surface area contributed by atoms with Gasteiger partial charge in [0.2, 0.25) is 0 Å². The van der Waals surface area contributed by atoms with Crippen LogP contribution in [-0.4, -0.2) is 11.5 Å². The Morgan fingerprint density at radius 2 is 2.00 bits per heavy atom. The molecule has 1 atom stereocenters. The molecule has 0 aliphatic rings. The summed E-state index contributed by atoms with van der Waals surface area (Å²) in [6.07, 6.45) is 4.90. The molecule has 0 bridgehead atoms. The molecule has 2 rings (SSSR count). The van der Waals surface area contributed by atoms with Crippen LogP contribution in [0.1, 0.15) is 37.4 Å². The Hall–Kier alpha value is -0.840. The number of halogens is 1. The van der Waals surface area contributed by atoms with E-state index in [1.54, 1.807) is 0 Å². The zero-order valence-corrected chi connectivity index (χ0v) is 14.9. The molecule has 0 radical (unpaired) electrons. The number of rotatable bonds is 7. The van der Waals surface area contributed by atoms with Gasteiger partial charge in [0.25, 0.3) is 0 Å². The van der Waals surface area contributed by atoms with Gasteiger partial charge in [-0.1, -0.05) is 19.1 Å². The van der Waals surface area contributed by atoms with Gasteiger partial charge in [0, 0.05) is 33.6 Å². The van der Waals surface area contributed by atoms with Gasteiger partial charge in [0.1, 0.15) is 0 Å². The lowest BCUT2D eigenvalue weighted by atomic mass is 10.1. The van der Waals surface area contributed by atoms with E-state index in [9.17, 15) is 0 Å². The lowest BCUT2D eigenvalue weighted by molar-refractivity contribution is 0.570. The molecule has 1 unspecified atom stereocenters. The molecule has 112 valence electrons. The zero-order chi connectivity index (χ0) is 15.1. The van der Waals surface area contributed by atoms with Crippen molar-refractivity contribution in [2.45, 2.75) is 37.0 Å². The van der Waals surface area contributed by atoms with Gasteiger partial charge < -0.3 is 5.32 Å². The minimum Gasteiger partial charge on any atom is -0.310 e. The van der Waals surface area contributed by atoms with Gasteiger partial charge >= 0.3 is 0 Å². The van der Waals surface area contributed by atoms with Crippen molar-refractivity contribution in [3.63, 3.8) is 0 Å². The fourth-order valence-corrected chi connectivity index (χ4v) is 3.26. The van der Waals surface area contributed by atoms with Crippen LogP contribution in [0, 0.1) is 0 Å². The zero-order valence-electron chi connectivity index (χ0n) is 12.5. The first-order valence-corrected chi connectivity index (χ1v) is 9.02. The highest BCUT2D eigenvalue weighted by molar-refractivity contribution is 9.10. The van der Waals surface area contributed by atoms with Crippen molar-refractivity contribution >= 4 is 27.7 Å². The van der Waals surface area contributed by atoms with Gasteiger partial charge in [-0.2, -0.15) is 0 Å². The topological polar surface area (TPSA) is 24.9 Å². The summed E-state index contributed by atoms with van der Waals surface area (Å²) in [7, 11) is 0. The second-order valence-corrected chi connectivity index (χ2v) is 7.01. The van der Waals surface area contributed by atoms with Crippen molar-refractivity contribution in [3.8, 4) is 0 Å². The van der Waals surface area contributed by atoms with E-state index in [4.69, 9.17) is 0 Å². The molecule has 1 heterocycles. The highest BCUT2D eigenvalue weighted by Gasteiger charge is 2.04. The van der Waals surface area contributed by atoms with Crippen LogP contribution >= 0.6 is 27.7 Å². The summed E-state index contributed by atoms with van der Waals surface area (Å²) < 4.78 is 1.03. The molecule has 0 spiro atoms. The number of benzene rings is 1. The molecular formula is C17H21BrN2S. The van der Waals surface area contributed by atoms with Crippen LogP contribution in [0.15, 0.2) is 52.1 Å². The molecule has 0 fully saturated rings. The minimum atomic E-state index is 0.415. The quantitative estimate of drug-likeness (QED) is 0.683. The largest absolute Gasteiger partial charge is 0.310 e. The Labute approximate surface area is 139 Å². The van der Waals surface area contributed by atoms with Crippen LogP contribution in [-0.2, 0) is 5.75 Å². The highest BCUT2D eigenvalue weighted by Crippen LogP contribution is 2.25. The van der Waals surface area contributed by atoms with Gasteiger partial charge in [-0.25, -0.2) is 0 Å². The van der Waals surface area contributed by atoms with E-state index in [0.29, 0.717) is 6.04 Å². The third kappa shape index (κ3) is 5.46. The van der Waals surface area contributed by atoms with Crippen molar-refractivity contribution in [1.29, 1.82) is 0 Å². The van der Waals surface area contributed by atoms with Crippen molar-refractivity contribution in [2.24, 2.45) is 0 Å². The lowest BCUT2D eigenvalue weighted by Gasteiger charge is -2.14. The Kier molecular flexibility index (Phi) is 6.74. The summed E-state index contributed by atoms with van der Waals surface area (Å²) in [5, 5.41) is 3.51. The second-order valence-electron chi connectivity index (χ2n) is 5.04. The smallest absolute Gasteiger partial charge is 0.0410 e. The predicted octanol–water partition coefficient (Wildman–Crippen LogP) is 5.20. The van der Waals surface area contributed by atoms with E-state index in [1.807, 2.05) is 24.2 Å². The van der Waals surface area contributed by atoms with Crippen LogP contribution in [0.4, 0.5) is 0 Å². The molecule has 0 aliphatic heterocycles. The summed E-state index contributed by atoms with van der Waals surface area (Å²) in [6, 6.07) is 11.4. The molecule has 0 amide bonds. The maximum absolute atomic E-state index is 4.19. The fraction of sp³-hybridized carbons (Fsp3) is 0.353. The first-order chi connectivity index (χ1) is 10.2. The molecule has 1 aromatic carbocycles. The molecule has 0 saturated heterocycles. The lowest BCUT2D eigenvalue weighted by Crippen LogP contribution is -2.19. The van der Waals surface area contributed by atoms with Crippen molar-refractivity contribution in [1.82, 2.24) is 10.3 Å². The Balaban J connectivity index is 1.90. The SMILES string of the molecule is CCCNC(C)c1ccc(SCc2cncc(Br)c2)cc1. The maximum Gasteiger partial charge on any atom is 0.0410 e. The standard InChI is InChI=1S/C17H21BrN2S/c1-3-8-20-13(2)15-4-6-17(7-5-15)21-12-14-9-16(18)11-19-10-14/h4-7,9-11,13,20H,3,8,12H2,1-2H3. The third-order valence-corrected chi connectivity index (χ3v) is 4.76. The van der Waals surface area contributed by atoms with Gasteiger partial charge in [-0.3, -0.25) is 4.98 Å². The maximum atomic E-state index is 4.19. The summed E-state index contributed by atoms with van der Waals surface area (Å²) in [6.45, 7) is 5.47. The van der Waals surface area contributed by atoms with Crippen LogP contribution < -0.4 is 5.32 Å². The molecule has 1 N–H and O–H groups in total. The predicted molar refractivity (Wildman–Crippen MR) is 94.6 cm³/mol. The van der Waals surface area contributed by atoms with Crippen LogP contribution in [0.25, 0.3) is 0 Å². The molecule has 2 aromatic rings. The average molecular weight is 365 g/mol. The van der Waals surface area contributed by atoms with E-state index in [0.717, 1.165) is 16.8 Å². The average Bonchev–Trinajstić information content (AvgIpc) is 2.51. The number of aromatic nitrogens is 1. The molecular weight excluding hydrogens is 344 g/mol. The molecule has 4 heteroatoms. The summed E-state index contributed by atoms with van der Waals surface area (Å²) in [5.74, 6) is 0.940. The Bertz CT molecular complexity index is 557. The molecule has 0 aliphatic carbocycles. The van der Waals surface area contributed by atoms with Gasteiger partial charge in [-0.05, 0) is 65.1 Å². The number of nitrogens with one attached hydrogen (secondary N) is 1. The number of nitrogens with zero attached hydrogens (tertiary/aromatic N) is 1. The molecule has 2 nitrogen and oxygen atoms in total. The molecule has 21 heavy (non-hydrogen) atoms. The van der Waals surface area contributed by atoms with Crippen molar-refractivity contribution < 1.29 is 0 Å². The summed E-state index contributed by atoms with van der Waals surface area (Å²) in [4.78, 5) is 5.49. The molecule has 1 aromatic heterocycles. The number of hydrogen-bond acceptors (Lipinski definition) is 3. The minimum absolute atomic E-state index is 0.415. The van der Waals surface area contributed by atoms with E-state index >= 15 is 0 Å². The summed E-state index contributed by atoms with van der Waals surface area (Å²) >= 11 is 5.29. The van der Waals surface area contributed by atoms with Crippen LogP contribution in [0.2, 0.25) is 0 Å². The number of thioether (sulfide) groups is 1. The first kappa shape index (κ1) is 16.5. The second kappa shape index (κ2) is 8.57. The normalized spacial score (nSPS) is 12.3. The van der Waals surface area contributed by atoms with E-state index < -0.39 is 0 Å². The van der Waals surface area contributed by atoms with Gasteiger partial charge in [0.15, 0.2) is 0 Å². The fourth-order valence-electron chi connectivity index (χ4n) is 2.03. The first-order valence-electron chi connectivity index (χ1n) is 7.24. The third-order valence-electron chi connectivity index (χ3n) is 3.25. The summed E-state index contributed by atoms with van der Waals surface area (Å²) in [5.41, 5.74) is 2.58. The Morgan fingerprint density at radius 3 is 2.67 bits per heavy atom. The van der Waals surface area contributed by atoms with E-state index in [2.05, 4.69) is 70.4 Å². The molecule has 0 saturated carbocycles. The van der Waals surface area contributed by atoms with Crippen LogP contribution in [0.3, 0.4) is 0 Å². The monoisotopic (exact) mass is 364 g/mol. The highest BCUT2D eigenvalue weighted by atomic mass is 79.9. The van der Waals surface area contributed by atoms with Crippen molar-refractivity contribution in [2.75, 3.05) is 6.54 Å². The number of hydrogen-bond donors (Lipinski definition) is 1. The Morgan fingerprint density at radius 1 is 1.24 bits per heavy atom. The van der Waals surface area contributed by atoms with E-state index in [-0.39, 0.29) is 0 Å².